The summed E-state index contributed by atoms with van der Waals surface area (Å²) in [7, 11) is 0. The van der Waals surface area contributed by atoms with Crippen molar-refractivity contribution in [3.05, 3.63) is 41.3 Å². The number of oxazole rings is 1. The van der Waals surface area contributed by atoms with Crippen molar-refractivity contribution in [3.8, 4) is 11.5 Å². The molecule has 0 atom stereocenters. The zero-order valence-corrected chi connectivity index (χ0v) is 13.9. The highest BCUT2D eigenvalue weighted by Gasteiger charge is 2.22. The van der Waals surface area contributed by atoms with Crippen molar-refractivity contribution in [3.63, 3.8) is 0 Å². The van der Waals surface area contributed by atoms with Crippen LogP contribution in [0.5, 0.6) is 0 Å². The van der Waals surface area contributed by atoms with Gasteiger partial charge in [0.05, 0.1) is 5.69 Å². The van der Waals surface area contributed by atoms with Crippen molar-refractivity contribution in [2.75, 3.05) is 0 Å². The van der Waals surface area contributed by atoms with Crippen LogP contribution < -0.4 is 5.32 Å². The Morgan fingerprint density at radius 3 is 2.70 bits per heavy atom. The molecule has 1 amide bonds. The van der Waals surface area contributed by atoms with Crippen LogP contribution in [0.3, 0.4) is 0 Å². The summed E-state index contributed by atoms with van der Waals surface area (Å²) in [6.45, 7) is 4.08. The van der Waals surface area contributed by atoms with E-state index in [1.807, 2.05) is 6.92 Å². The van der Waals surface area contributed by atoms with Crippen molar-refractivity contribution < 1.29 is 9.21 Å². The Morgan fingerprint density at radius 2 is 2.04 bits per heavy atom. The third kappa shape index (κ3) is 4.21. The van der Waals surface area contributed by atoms with Gasteiger partial charge in [-0.3, -0.25) is 4.79 Å². The molecule has 1 aliphatic carbocycles. The smallest absolute Gasteiger partial charge is 0.226 e. The third-order valence-corrected chi connectivity index (χ3v) is 4.26. The van der Waals surface area contributed by atoms with Gasteiger partial charge in [0, 0.05) is 18.0 Å². The fraction of sp³-hybridized carbons (Fsp3) is 0.474. The molecular weight excluding hydrogens is 288 g/mol. The molecule has 4 heteroatoms. The number of carbonyl (C=O) groups is 1. The zero-order chi connectivity index (χ0) is 16.2. The van der Waals surface area contributed by atoms with Gasteiger partial charge in [-0.15, -0.1) is 0 Å². The third-order valence-electron chi connectivity index (χ3n) is 4.26. The highest BCUT2D eigenvalue weighted by atomic mass is 16.4. The molecule has 1 aromatic heterocycles. The molecule has 1 aliphatic rings. The predicted octanol–water partition coefficient (Wildman–Crippen LogP) is 3.81. The maximum absolute atomic E-state index is 11.7. The standard InChI is InChI=1S/C19H24N2O2/c1-3-14-7-9-15(10-8-14)19-21-17(13(2)23-19)5-4-6-18(22)20-16-11-12-16/h7-10,16H,3-6,11-12H2,1-2H3,(H,20,22). The van der Waals surface area contributed by atoms with Crippen LogP contribution in [0, 0.1) is 6.92 Å². The van der Waals surface area contributed by atoms with Gasteiger partial charge in [-0.2, -0.15) is 0 Å². The van der Waals surface area contributed by atoms with Crippen LogP contribution in [-0.4, -0.2) is 16.9 Å². The van der Waals surface area contributed by atoms with Crippen molar-refractivity contribution in [2.24, 2.45) is 0 Å². The van der Waals surface area contributed by atoms with Crippen LogP contribution >= 0.6 is 0 Å². The molecule has 1 fully saturated rings. The van der Waals surface area contributed by atoms with Gasteiger partial charge in [0.25, 0.3) is 0 Å². The number of nitrogens with zero attached hydrogens (tertiary/aromatic N) is 1. The highest BCUT2D eigenvalue weighted by Crippen LogP contribution is 2.23. The molecule has 1 aromatic carbocycles. The first-order chi connectivity index (χ1) is 11.2. The first-order valence-electron chi connectivity index (χ1n) is 8.50. The van der Waals surface area contributed by atoms with Gasteiger partial charge < -0.3 is 9.73 Å². The normalized spacial score (nSPS) is 14.0. The average Bonchev–Trinajstić information content (AvgIpc) is 3.29. The number of benzene rings is 1. The summed E-state index contributed by atoms with van der Waals surface area (Å²) >= 11 is 0. The number of nitrogens with one attached hydrogen (secondary N) is 1. The molecule has 0 spiro atoms. The molecule has 0 saturated heterocycles. The van der Waals surface area contributed by atoms with E-state index < -0.39 is 0 Å². The molecule has 4 nitrogen and oxygen atoms in total. The van der Waals surface area contributed by atoms with Crippen LogP contribution in [0.2, 0.25) is 0 Å². The zero-order valence-electron chi connectivity index (χ0n) is 13.9. The van der Waals surface area contributed by atoms with Gasteiger partial charge in [-0.25, -0.2) is 4.98 Å². The minimum atomic E-state index is 0.157. The van der Waals surface area contributed by atoms with Crippen molar-refractivity contribution in [2.45, 2.75) is 58.4 Å². The van der Waals surface area contributed by atoms with E-state index in [0.29, 0.717) is 18.4 Å². The number of rotatable bonds is 7. The van der Waals surface area contributed by atoms with E-state index in [4.69, 9.17) is 4.42 Å². The first-order valence-corrected chi connectivity index (χ1v) is 8.50. The van der Waals surface area contributed by atoms with E-state index in [1.54, 1.807) is 0 Å². The SMILES string of the molecule is CCc1ccc(-c2nc(CCCC(=O)NC3CC3)c(C)o2)cc1. The summed E-state index contributed by atoms with van der Waals surface area (Å²) in [6.07, 6.45) is 5.44. The summed E-state index contributed by atoms with van der Waals surface area (Å²) in [5.74, 6) is 1.67. The lowest BCUT2D eigenvalue weighted by atomic mass is 10.1. The lowest BCUT2D eigenvalue weighted by molar-refractivity contribution is -0.121. The highest BCUT2D eigenvalue weighted by molar-refractivity contribution is 5.76. The van der Waals surface area contributed by atoms with Crippen LogP contribution in [-0.2, 0) is 17.6 Å². The van der Waals surface area contributed by atoms with Crippen LogP contribution in [0.25, 0.3) is 11.5 Å². The minimum Gasteiger partial charge on any atom is -0.441 e. The van der Waals surface area contributed by atoms with Gasteiger partial charge in [0.15, 0.2) is 0 Å². The monoisotopic (exact) mass is 312 g/mol. The number of carbonyl (C=O) groups excluding carboxylic acids is 1. The number of aromatic nitrogens is 1. The van der Waals surface area contributed by atoms with Crippen LogP contribution in [0.4, 0.5) is 0 Å². The molecule has 0 bridgehead atoms. The molecule has 1 heterocycles. The molecule has 0 aliphatic heterocycles. The van der Waals surface area contributed by atoms with E-state index in [0.717, 1.165) is 49.1 Å². The van der Waals surface area contributed by atoms with E-state index in [1.165, 1.54) is 5.56 Å². The van der Waals surface area contributed by atoms with Gasteiger partial charge >= 0.3 is 0 Å². The van der Waals surface area contributed by atoms with Gasteiger partial charge in [0.2, 0.25) is 11.8 Å². The average molecular weight is 312 g/mol. The maximum Gasteiger partial charge on any atom is 0.226 e. The summed E-state index contributed by atoms with van der Waals surface area (Å²) in [6, 6.07) is 8.76. The second kappa shape index (κ2) is 6.99. The maximum atomic E-state index is 11.7. The van der Waals surface area contributed by atoms with Gasteiger partial charge in [-0.05, 0) is 56.7 Å². The lowest BCUT2D eigenvalue weighted by Crippen LogP contribution is -2.25. The summed E-state index contributed by atoms with van der Waals surface area (Å²) in [5.41, 5.74) is 3.26. The fourth-order valence-electron chi connectivity index (χ4n) is 2.61. The molecule has 23 heavy (non-hydrogen) atoms. The molecule has 2 aromatic rings. The van der Waals surface area contributed by atoms with E-state index in [9.17, 15) is 4.79 Å². The molecular formula is C19H24N2O2. The second-order valence-corrected chi connectivity index (χ2v) is 6.27. The molecule has 122 valence electrons. The Morgan fingerprint density at radius 1 is 1.30 bits per heavy atom. The number of hydrogen-bond donors (Lipinski definition) is 1. The first kappa shape index (κ1) is 15.8. The Labute approximate surface area is 137 Å². The van der Waals surface area contributed by atoms with Crippen molar-refractivity contribution in [1.29, 1.82) is 0 Å². The quantitative estimate of drug-likeness (QED) is 0.845. The summed E-state index contributed by atoms with van der Waals surface area (Å²) in [5, 5.41) is 3.01. The van der Waals surface area contributed by atoms with Crippen molar-refractivity contribution in [1.82, 2.24) is 10.3 Å². The van der Waals surface area contributed by atoms with Crippen LogP contribution in [0.1, 0.15) is 49.6 Å². The lowest BCUT2D eigenvalue weighted by Gasteiger charge is -2.01. The van der Waals surface area contributed by atoms with E-state index in [2.05, 4.69) is 41.5 Å². The van der Waals surface area contributed by atoms with E-state index >= 15 is 0 Å². The largest absolute Gasteiger partial charge is 0.441 e. The summed E-state index contributed by atoms with van der Waals surface area (Å²) < 4.78 is 5.79. The molecule has 0 unspecified atom stereocenters. The van der Waals surface area contributed by atoms with Gasteiger partial charge in [0.1, 0.15) is 5.76 Å². The molecule has 3 rings (SSSR count). The topological polar surface area (TPSA) is 55.1 Å². The van der Waals surface area contributed by atoms with Crippen molar-refractivity contribution >= 4 is 5.91 Å². The number of amides is 1. The summed E-state index contributed by atoms with van der Waals surface area (Å²) in [4.78, 5) is 16.3. The molecule has 0 radical (unpaired) electrons. The Balaban J connectivity index is 1.57. The second-order valence-electron chi connectivity index (χ2n) is 6.27. The van der Waals surface area contributed by atoms with E-state index in [-0.39, 0.29) is 5.91 Å². The Bertz CT molecular complexity index is 669. The predicted molar refractivity (Wildman–Crippen MR) is 90.2 cm³/mol. The molecule has 1 N–H and O–H groups in total. The Kier molecular flexibility index (Phi) is 4.79. The molecule has 1 saturated carbocycles. The number of hydrogen-bond acceptors (Lipinski definition) is 3. The van der Waals surface area contributed by atoms with Crippen LogP contribution in [0.15, 0.2) is 28.7 Å². The number of aryl methyl sites for hydroxylation is 3. The van der Waals surface area contributed by atoms with Gasteiger partial charge in [-0.1, -0.05) is 19.1 Å². The minimum absolute atomic E-state index is 0.157. The Hall–Kier alpha value is -2.10. The fourth-order valence-corrected chi connectivity index (χ4v) is 2.61.